The molecular formula is C26H29ClN2O3. The fraction of sp³-hybridized carbons (Fsp3) is 0.231. The Kier molecular flexibility index (Phi) is 9.76. The van der Waals surface area contributed by atoms with Gasteiger partial charge in [-0.05, 0) is 55.7 Å². The van der Waals surface area contributed by atoms with Crippen molar-refractivity contribution in [3.05, 3.63) is 94.8 Å². The van der Waals surface area contributed by atoms with Gasteiger partial charge in [0, 0.05) is 17.5 Å². The number of hydrogen-bond donors (Lipinski definition) is 2. The second-order valence-corrected chi connectivity index (χ2v) is 7.65. The summed E-state index contributed by atoms with van der Waals surface area (Å²) in [6, 6.07) is 8.62. The molecule has 0 aliphatic rings. The van der Waals surface area contributed by atoms with E-state index in [-0.39, 0.29) is 11.6 Å². The summed E-state index contributed by atoms with van der Waals surface area (Å²) >= 11 is 6.59. The van der Waals surface area contributed by atoms with E-state index in [4.69, 9.17) is 16.3 Å². The molecule has 1 aromatic heterocycles. The first-order valence-electron chi connectivity index (χ1n) is 10.5. The molecule has 168 valence electrons. The number of nitrogens with zero attached hydrogens (tertiary/aromatic N) is 1. The summed E-state index contributed by atoms with van der Waals surface area (Å²) < 4.78 is 5.80. The van der Waals surface area contributed by atoms with Crippen molar-refractivity contribution in [2.24, 2.45) is 0 Å². The van der Waals surface area contributed by atoms with Crippen LogP contribution in [0.5, 0.6) is 11.8 Å². The molecule has 2 aromatic rings. The Morgan fingerprint density at radius 3 is 2.72 bits per heavy atom. The SMILES string of the molecule is C=C/C(=C\C=C\CCCC)c1ccnc(Oc2ccc(C)c(C(=O)O)c2)[nH]c(C)cc1Cl. The predicted octanol–water partition coefficient (Wildman–Crippen LogP) is 7.61. The van der Waals surface area contributed by atoms with Crippen LogP contribution in [-0.2, 0) is 0 Å². The Hall–Kier alpha value is -3.31. The van der Waals surface area contributed by atoms with E-state index in [1.54, 1.807) is 43.5 Å². The van der Waals surface area contributed by atoms with Gasteiger partial charge < -0.3 is 14.8 Å². The zero-order valence-corrected chi connectivity index (χ0v) is 19.4. The Labute approximate surface area is 194 Å². The summed E-state index contributed by atoms with van der Waals surface area (Å²) in [4.78, 5) is 18.8. The van der Waals surface area contributed by atoms with Crippen LogP contribution < -0.4 is 4.74 Å². The summed E-state index contributed by atoms with van der Waals surface area (Å²) in [5, 5.41) is 9.86. The van der Waals surface area contributed by atoms with Gasteiger partial charge in [0.25, 0.3) is 6.01 Å². The highest BCUT2D eigenvalue weighted by Gasteiger charge is 2.09. The molecule has 0 amide bonds. The van der Waals surface area contributed by atoms with Crippen molar-refractivity contribution >= 4 is 23.1 Å². The number of aromatic nitrogens is 2. The minimum atomic E-state index is -1.01. The van der Waals surface area contributed by atoms with Gasteiger partial charge in [-0.2, -0.15) is 0 Å². The van der Waals surface area contributed by atoms with E-state index >= 15 is 0 Å². The number of aryl methyl sites for hydroxylation is 2. The number of ether oxygens (including phenoxy) is 1. The van der Waals surface area contributed by atoms with Crippen LogP contribution in [0.25, 0.3) is 5.57 Å². The van der Waals surface area contributed by atoms with Gasteiger partial charge in [0.2, 0.25) is 0 Å². The van der Waals surface area contributed by atoms with Crippen molar-refractivity contribution in [1.29, 1.82) is 0 Å². The van der Waals surface area contributed by atoms with Gasteiger partial charge in [0.1, 0.15) is 5.75 Å². The number of carbonyl (C=O) groups is 1. The average molecular weight is 453 g/mol. The van der Waals surface area contributed by atoms with Gasteiger partial charge in [-0.3, -0.25) is 0 Å². The van der Waals surface area contributed by atoms with E-state index < -0.39 is 5.97 Å². The number of aromatic amines is 1. The molecule has 1 heterocycles. The maximum atomic E-state index is 11.4. The van der Waals surface area contributed by atoms with Crippen LogP contribution in [0.2, 0.25) is 5.02 Å². The van der Waals surface area contributed by atoms with Crippen LogP contribution in [0.15, 0.2) is 67.4 Å². The van der Waals surface area contributed by atoms with Crippen LogP contribution >= 0.6 is 11.6 Å². The van der Waals surface area contributed by atoms with Gasteiger partial charge in [-0.1, -0.05) is 68.3 Å². The molecule has 0 radical (unpaired) electrons. The first-order valence-corrected chi connectivity index (χ1v) is 10.8. The van der Waals surface area contributed by atoms with Gasteiger partial charge in [-0.15, -0.1) is 0 Å². The number of H-pyrrole nitrogens is 1. The maximum absolute atomic E-state index is 11.4. The molecule has 0 aliphatic heterocycles. The zero-order valence-electron chi connectivity index (χ0n) is 18.7. The maximum Gasteiger partial charge on any atom is 0.336 e. The fourth-order valence-electron chi connectivity index (χ4n) is 2.91. The second kappa shape index (κ2) is 12.5. The number of allylic oxidation sites excluding steroid dienone is 5. The molecule has 0 saturated heterocycles. The van der Waals surface area contributed by atoms with Crippen LogP contribution in [-0.4, -0.2) is 21.0 Å². The lowest BCUT2D eigenvalue weighted by Crippen LogP contribution is -2.00. The second-order valence-electron chi connectivity index (χ2n) is 7.24. The summed E-state index contributed by atoms with van der Waals surface area (Å²) in [7, 11) is 0. The van der Waals surface area contributed by atoms with Gasteiger partial charge in [-0.25, -0.2) is 9.78 Å². The van der Waals surface area contributed by atoms with Gasteiger partial charge in [0.05, 0.1) is 10.6 Å². The highest BCUT2D eigenvalue weighted by atomic mass is 35.5. The third kappa shape index (κ3) is 7.43. The lowest BCUT2D eigenvalue weighted by atomic mass is 10.1. The highest BCUT2D eigenvalue weighted by Crippen LogP contribution is 2.25. The Morgan fingerprint density at radius 1 is 1.25 bits per heavy atom. The van der Waals surface area contributed by atoms with E-state index in [1.165, 1.54) is 6.07 Å². The number of carboxylic acids is 1. The predicted molar refractivity (Wildman–Crippen MR) is 131 cm³/mol. The molecule has 6 heteroatoms. The monoisotopic (exact) mass is 452 g/mol. The van der Waals surface area contributed by atoms with E-state index in [0.717, 1.165) is 30.4 Å². The normalized spacial score (nSPS) is 11.3. The van der Waals surface area contributed by atoms with Crippen molar-refractivity contribution in [2.45, 2.75) is 40.0 Å². The first-order chi connectivity index (χ1) is 15.3. The standard InChI is InChI=1S/C26H29ClN2O3/c1-5-7-8-9-10-11-20(6-2)22-14-15-28-26(29-19(4)16-24(22)27)32-21-13-12-18(3)23(17-21)25(30)31/h6,9-17H,2,5,7-8H2,1,3-4H3,(H,28,29)(H,30,31)/b10-9+,15-14?,19-16?,20-11+,24-22?. The Bertz CT molecular complexity index is 1080. The van der Waals surface area contributed by atoms with Gasteiger partial charge in [0.15, 0.2) is 0 Å². The van der Waals surface area contributed by atoms with E-state index in [1.807, 2.05) is 19.1 Å². The van der Waals surface area contributed by atoms with E-state index in [2.05, 4.69) is 29.5 Å². The van der Waals surface area contributed by atoms with Crippen molar-refractivity contribution in [3.63, 3.8) is 0 Å². The third-order valence-electron chi connectivity index (χ3n) is 4.66. The Balaban J connectivity index is 2.42. The molecule has 0 saturated carbocycles. The van der Waals surface area contributed by atoms with E-state index in [0.29, 0.717) is 22.0 Å². The molecule has 0 bridgehead atoms. The minimum absolute atomic E-state index is 0.175. The van der Waals surface area contributed by atoms with Crippen molar-refractivity contribution in [1.82, 2.24) is 9.97 Å². The number of aromatic carboxylic acids is 1. The molecule has 0 fully saturated rings. The molecule has 32 heavy (non-hydrogen) atoms. The van der Waals surface area contributed by atoms with Crippen LogP contribution in [0, 0.1) is 13.8 Å². The molecule has 2 rings (SSSR count). The molecule has 5 nitrogen and oxygen atoms in total. The van der Waals surface area contributed by atoms with Crippen LogP contribution in [0.3, 0.4) is 0 Å². The summed E-state index contributed by atoms with van der Waals surface area (Å²) in [5.74, 6) is -0.649. The number of benzene rings is 1. The summed E-state index contributed by atoms with van der Waals surface area (Å²) in [5.41, 5.74) is 3.18. The topological polar surface area (TPSA) is 75.2 Å². The zero-order chi connectivity index (χ0) is 23.5. The quantitative estimate of drug-likeness (QED) is 0.303. The van der Waals surface area contributed by atoms with Crippen molar-refractivity contribution in [2.75, 3.05) is 0 Å². The van der Waals surface area contributed by atoms with Crippen molar-refractivity contribution in [3.8, 4) is 11.8 Å². The smallest absolute Gasteiger partial charge is 0.336 e. The molecule has 2 N–H and O–H groups in total. The molecule has 0 unspecified atom stereocenters. The molecular weight excluding hydrogens is 424 g/mol. The largest absolute Gasteiger partial charge is 0.478 e. The lowest BCUT2D eigenvalue weighted by molar-refractivity contribution is 0.0695. The fourth-order valence-corrected chi connectivity index (χ4v) is 3.25. The molecule has 1 aromatic carbocycles. The summed E-state index contributed by atoms with van der Waals surface area (Å²) in [6.45, 7) is 9.64. The lowest BCUT2D eigenvalue weighted by Gasteiger charge is -2.06. The van der Waals surface area contributed by atoms with Gasteiger partial charge >= 0.3 is 5.97 Å². The third-order valence-corrected chi connectivity index (χ3v) is 4.97. The Morgan fingerprint density at radius 2 is 2.03 bits per heavy atom. The average Bonchev–Trinajstić information content (AvgIpc) is 2.81. The highest BCUT2D eigenvalue weighted by molar-refractivity contribution is 6.32. The number of unbranched alkanes of at least 4 members (excludes halogenated alkanes) is 2. The van der Waals surface area contributed by atoms with Crippen LogP contribution in [0.1, 0.15) is 53.4 Å². The summed E-state index contributed by atoms with van der Waals surface area (Å²) in [6.07, 6.45) is 12.8. The number of hydrogen-bond acceptors (Lipinski definition) is 3. The number of halogens is 1. The van der Waals surface area contributed by atoms with Crippen LogP contribution in [0.4, 0.5) is 0 Å². The number of nitrogens with one attached hydrogen (secondary N) is 1. The number of carboxylic acid groups (broad SMARTS) is 1. The van der Waals surface area contributed by atoms with Crippen molar-refractivity contribution < 1.29 is 14.6 Å². The minimum Gasteiger partial charge on any atom is -0.478 e. The van der Waals surface area contributed by atoms with E-state index in [9.17, 15) is 9.90 Å². The first kappa shape index (κ1) is 25.0. The molecule has 0 aliphatic carbocycles. The molecule has 0 atom stereocenters. The molecule has 0 spiro atoms. The number of rotatable bonds is 9.